The SMILES string of the molecule is CCC[PH](CCC)(CCC)[Pd]([Cl])([Cl])[PH](CCC)(CCC)CCC. The van der Waals surface area contributed by atoms with Crippen molar-refractivity contribution in [1.82, 2.24) is 0 Å². The Labute approximate surface area is 158 Å². The third-order valence-electron chi connectivity index (χ3n) is 4.94. The number of hydrogen-bond donors (Lipinski definition) is 0. The van der Waals surface area contributed by atoms with Crippen LogP contribution in [0.15, 0.2) is 0 Å². The molecule has 0 bridgehead atoms. The Morgan fingerprint density at radius 3 is 0.783 bits per heavy atom. The molecule has 0 atom stereocenters. The summed E-state index contributed by atoms with van der Waals surface area (Å²) in [5.41, 5.74) is -3.06. The topological polar surface area (TPSA) is 0 Å². The predicted molar refractivity (Wildman–Crippen MR) is 119 cm³/mol. The van der Waals surface area contributed by atoms with E-state index in [1.807, 2.05) is 0 Å². The second kappa shape index (κ2) is 12.5. The van der Waals surface area contributed by atoms with Crippen LogP contribution in [0.4, 0.5) is 0 Å². The molecule has 0 aromatic heterocycles. The molecule has 5 heteroatoms. The van der Waals surface area contributed by atoms with Gasteiger partial charge in [-0.15, -0.1) is 0 Å². The van der Waals surface area contributed by atoms with Crippen LogP contribution in [-0.2, 0) is 12.5 Å². The van der Waals surface area contributed by atoms with E-state index >= 15 is 0 Å². The van der Waals surface area contributed by atoms with Gasteiger partial charge in [0, 0.05) is 0 Å². The summed E-state index contributed by atoms with van der Waals surface area (Å²) < 4.78 is 0. The van der Waals surface area contributed by atoms with Crippen molar-refractivity contribution in [2.45, 2.75) is 80.1 Å². The van der Waals surface area contributed by atoms with Crippen molar-refractivity contribution in [2.24, 2.45) is 0 Å². The first-order valence-corrected chi connectivity index (χ1v) is 23.5. The van der Waals surface area contributed by atoms with Gasteiger partial charge in [-0.05, 0) is 0 Å². The van der Waals surface area contributed by atoms with Crippen LogP contribution in [0.5, 0.6) is 0 Å². The first-order chi connectivity index (χ1) is 10.9. The normalized spacial score (nSPS) is 15.7. The maximum atomic E-state index is 7.69. The zero-order valence-electron chi connectivity index (χ0n) is 16.6. The van der Waals surface area contributed by atoms with E-state index in [1.165, 1.54) is 75.5 Å². The molecule has 0 spiro atoms. The monoisotopic (exact) mass is 498 g/mol. The van der Waals surface area contributed by atoms with Gasteiger partial charge in [0.1, 0.15) is 0 Å². The molecule has 0 aliphatic rings. The van der Waals surface area contributed by atoms with Gasteiger partial charge in [0.25, 0.3) is 0 Å². The summed E-state index contributed by atoms with van der Waals surface area (Å²) in [6, 6.07) is 0. The van der Waals surface area contributed by atoms with E-state index in [4.69, 9.17) is 19.1 Å². The summed E-state index contributed by atoms with van der Waals surface area (Å²) in [5.74, 6) is 0. The second-order valence-corrected chi connectivity index (χ2v) is 43.2. The van der Waals surface area contributed by atoms with E-state index in [0.29, 0.717) is 0 Å². The third kappa shape index (κ3) is 6.05. The number of hydrogen-bond acceptors (Lipinski definition) is 0. The summed E-state index contributed by atoms with van der Waals surface area (Å²) in [6.45, 7) is 14.1. The number of halogens is 2. The Hall–Kier alpha value is 2.10. The van der Waals surface area contributed by atoms with Gasteiger partial charge in [0.15, 0.2) is 0 Å². The molecule has 0 saturated carbocycles. The van der Waals surface area contributed by atoms with Crippen LogP contribution in [0.1, 0.15) is 80.1 Å². The van der Waals surface area contributed by atoms with E-state index in [-0.39, 0.29) is 0 Å². The van der Waals surface area contributed by atoms with Crippen molar-refractivity contribution in [3.05, 3.63) is 0 Å². The van der Waals surface area contributed by atoms with Crippen molar-refractivity contribution < 1.29 is 12.5 Å². The quantitative estimate of drug-likeness (QED) is 0.167. The Balaban J connectivity index is 6.05. The third-order valence-corrected chi connectivity index (χ3v) is 64.1. The maximum absolute atomic E-state index is 7.69. The molecule has 0 aromatic carbocycles. The molecular weight excluding hydrogens is 455 g/mol. The van der Waals surface area contributed by atoms with Gasteiger partial charge in [-0.3, -0.25) is 0 Å². The first-order valence-electron chi connectivity index (χ1n) is 9.92. The first kappa shape index (κ1) is 25.1. The van der Waals surface area contributed by atoms with E-state index in [9.17, 15) is 0 Å². The molecule has 0 heterocycles. The molecule has 150 valence electrons. The van der Waals surface area contributed by atoms with E-state index < -0.39 is 23.4 Å². The van der Waals surface area contributed by atoms with Crippen molar-refractivity contribution >= 4 is 30.0 Å². The molecule has 0 N–H and O–H groups in total. The molecule has 23 heavy (non-hydrogen) atoms. The van der Waals surface area contributed by atoms with Gasteiger partial charge in [0.2, 0.25) is 0 Å². The van der Waals surface area contributed by atoms with Gasteiger partial charge in [-0.1, -0.05) is 0 Å². The Morgan fingerprint density at radius 2 is 0.652 bits per heavy atom. The van der Waals surface area contributed by atoms with Crippen LogP contribution < -0.4 is 0 Å². The fraction of sp³-hybridized carbons (Fsp3) is 1.00. The molecule has 0 saturated heterocycles. The zero-order chi connectivity index (χ0) is 18.0. The molecule has 0 aromatic rings. The van der Waals surface area contributed by atoms with Crippen LogP contribution in [0.25, 0.3) is 0 Å². The van der Waals surface area contributed by atoms with Crippen molar-refractivity contribution in [1.29, 1.82) is 0 Å². The molecule has 0 nitrogen and oxygen atoms in total. The fourth-order valence-corrected chi connectivity index (χ4v) is 67.7. The molecular formula is C18H44Cl2P2Pd. The van der Waals surface area contributed by atoms with E-state index in [0.717, 1.165) is 0 Å². The Morgan fingerprint density at radius 1 is 0.478 bits per heavy atom. The predicted octanol–water partition coefficient (Wildman–Crippen LogP) is 8.24. The Bertz CT molecular complexity index is 249. The molecule has 0 fully saturated rings. The number of rotatable bonds is 14. The second-order valence-electron chi connectivity index (χ2n) is 7.03. The van der Waals surface area contributed by atoms with Gasteiger partial charge < -0.3 is 0 Å². The molecule has 0 aliphatic heterocycles. The molecule has 0 unspecified atom stereocenters. The van der Waals surface area contributed by atoms with Crippen LogP contribution in [-0.4, -0.2) is 37.0 Å². The van der Waals surface area contributed by atoms with Crippen LogP contribution in [0.3, 0.4) is 0 Å². The standard InChI is InChI=1S/2C9H21P.2ClH.Pd/c2*1-4-7-10(8-5-2)9-6-3;;;/h2*4-9H2,1-3H3;2*1H;. The minimum absolute atomic E-state index is 1.29. The fourth-order valence-electron chi connectivity index (χ4n) is 4.30. The van der Waals surface area contributed by atoms with Crippen LogP contribution in [0.2, 0.25) is 0 Å². The molecule has 0 rings (SSSR count). The van der Waals surface area contributed by atoms with Crippen molar-refractivity contribution in [3.8, 4) is 0 Å². The van der Waals surface area contributed by atoms with Crippen molar-refractivity contribution in [2.75, 3.05) is 37.0 Å². The molecule has 0 aliphatic carbocycles. The molecule has 0 radical (unpaired) electrons. The summed E-state index contributed by atoms with van der Waals surface area (Å²) in [6.07, 6.45) is 16.1. The van der Waals surface area contributed by atoms with Gasteiger partial charge in [-0.25, -0.2) is 0 Å². The van der Waals surface area contributed by atoms with E-state index in [2.05, 4.69) is 41.5 Å². The van der Waals surface area contributed by atoms with Gasteiger partial charge in [-0.2, -0.15) is 0 Å². The zero-order valence-corrected chi connectivity index (χ0v) is 21.6. The van der Waals surface area contributed by atoms with E-state index in [1.54, 1.807) is 0 Å². The van der Waals surface area contributed by atoms with Gasteiger partial charge >= 0.3 is 160 Å². The average molecular weight is 500 g/mol. The van der Waals surface area contributed by atoms with Crippen LogP contribution >= 0.6 is 30.0 Å². The summed E-state index contributed by atoms with van der Waals surface area (Å²) in [7, 11) is 15.4. The summed E-state index contributed by atoms with van der Waals surface area (Å²) in [4.78, 5) is 0. The molecule has 0 amide bonds. The summed E-state index contributed by atoms with van der Waals surface area (Å²) >= 11 is -2.31. The van der Waals surface area contributed by atoms with Crippen LogP contribution in [0, 0.1) is 0 Å². The van der Waals surface area contributed by atoms with Gasteiger partial charge in [0.05, 0.1) is 0 Å². The summed E-state index contributed by atoms with van der Waals surface area (Å²) in [5, 5.41) is 0. The van der Waals surface area contributed by atoms with Crippen molar-refractivity contribution in [3.63, 3.8) is 0 Å². The Kier molecular flexibility index (Phi) is 13.6. The average Bonchev–Trinajstić information content (AvgIpc) is 2.48. The minimum atomic E-state index is -2.31.